The lowest BCUT2D eigenvalue weighted by atomic mass is 10.1. The van der Waals surface area contributed by atoms with E-state index in [0.717, 1.165) is 27.6 Å². The van der Waals surface area contributed by atoms with Gasteiger partial charge in [0.1, 0.15) is 10.8 Å². The van der Waals surface area contributed by atoms with Gasteiger partial charge in [0, 0.05) is 10.9 Å². The number of hydrogen-bond donors (Lipinski definition) is 1. The van der Waals surface area contributed by atoms with Crippen molar-refractivity contribution in [1.82, 2.24) is 10.3 Å². The molecule has 6 nitrogen and oxygen atoms in total. The van der Waals surface area contributed by atoms with Gasteiger partial charge in [-0.3, -0.25) is 4.79 Å². The first-order valence-corrected chi connectivity index (χ1v) is 11.0. The van der Waals surface area contributed by atoms with Crippen molar-refractivity contribution in [2.24, 2.45) is 0 Å². The highest BCUT2D eigenvalue weighted by atomic mass is 32.1. The fourth-order valence-corrected chi connectivity index (χ4v) is 3.95. The Labute approximate surface area is 187 Å². The highest BCUT2D eigenvalue weighted by Crippen LogP contribution is 2.33. The third kappa shape index (κ3) is 5.98. The first-order chi connectivity index (χ1) is 14.9. The van der Waals surface area contributed by atoms with Crippen LogP contribution in [0.4, 0.5) is 0 Å². The molecule has 3 rings (SSSR count). The molecule has 0 aliphatic rings. The molecule has 0 saturated carbocycles. The smallest absolute Gasteiger partial charge is 0.226 e. The van der Waals surface area contributed by atoms with Crippen molar-refractivity contribution in [3.8, 4) is 27.8 Å². The topological polar surface area (TPSA) is 69.7 Å². The maximum absolute atomic E-state index is 12.5. The number of nitrogens with one attached hydrogen (secondary N) is 1. The summed E-state index contributed by atoms with van der Waals surface area (Å²) in [5.41, 5.74) is 2.68. The van der Waals surface area contributed by atoms with Crippen molar-refractivity contribution in [3.05, 3.63) is 59.1 Å². The Bertz CT molecular complexity index is 1010. The van der Waals surface area contributed by atoms with Crippen LogP contribution in [0.3, 0.4) is 0 Å². The summed E-state index contributed by atoms with van der Waals surface area (Å²) in [7, 11) is 3.21. The zero-order chi connectivity index (χ0) is 22.4. The van der Waals surface area contributed by atoms with Crippen LogP contribution in [0.5, 0.6) is 17.2 Å². The van der Waals surface area contributed by atoms with Crippen molar-refractivity contribution >= 4 is 17.2 Å². The molecule has 2 aromatic carbocycles. The quantitative estimate of drug-likeness (QED) is 0.505. The van der Waals surface area contributed by atoms with Gasteiger partial charge in [0.2, 0.25) is 5.91 Å². The molecular weight excluding hydrogens is 412 g/mol. The number of thiazole rings is 1. The van der Waals surface area contributed by atoms with E-state index < -0.39 is 0 Å². The summed E-state index contributed by atoms with van der Waals surface area (Å²) in [6, 6.07) is 13.4. The minimum Gasteiger partial charge on any atom is -0.493 e. The van der Waals surface area contributed by atoms with Crippen molar-refractivity contribution in [2.45, 2.75) is 39.3 Å². The van der Waals surface area contributed by atoms with Gasteiger partial charge in [0.15, 0.2) is 11.5 Å². The number of hydrogen-bond acceptors (Lipinski definition) is 6. The number of methoxy groups -OCH3 is 2. The molecule has 0 fully saturated rings. The van der Waals surface area contributed by atoms with Gasteiger partial charge in [-0.2, -0.15) is 0 Å². The Morgan fingerprint density at radius 3 is 2.39 bits per heavy atom. The SMILES string of the molecule is COc1ccc(-c2nc(CC(=O)NC(C)c3ccc(OC(C)C)cc3)cs2)cc1OC. The lowest BCUT2D eigenvalue weighted by molar-refractivity contribution is -0.121. The van der Waals surface area contributed by atoms with Crippen LogP contribution in [-0.4, -0.2) is 31.2 Å². The fraction of sp³-hybridized carbons (Fsp3) is 0.333. The Kier molecular flexibility index (Phi) is 7.52. The average molecular weight is 441 g/mol. The van der Waals surface area contributed by atoms with Crippen LogP contribution in [0.25, 0.3) is 10.6 Å². The molecule has 1 aromatic heterocycles. The molecule has 7 heteroatoms. The Morgan fingerprint density at radius 1 is 1.03 bits per heavy atom. The van der Waals surface area contributed by atoms with E-state index in [4.69, 9.17) is 14.2 Å². The number of ether oxygens (including phenoxy) is 3. The maximum atomic E-state index is 12.5. The Balaban J connectivity index is 1.61. The van der Waals surface area contributed by atoms with Gasteiger partial charge in [-0.1, -0.05) is 12.1 Å². The predicted molar refractivity (Wildman–Crippen MR) is 123 cm³/mol. The van der Waals surface area contributed by atoms with Crippen molar-refractivity contribution in [2.75, 3.05) is 14.2 Å². The highest BCUT2D eigenvalue weighted by Gasteiger charge is 2.14. The van der Waals surface area contributed by atoms with Crippen LogP contribution >= 0.6 is 11.3 Å². The summed E-state index contributed by atoms with van der Waals surface area (Å²) in [4.78, 5) is 17.1. The van der Waals surface area contributed by atoms with Gasteiger partial charge in [0.25, 0.3) is 0 Å². The summed E-state index contributed by atoms with van der Waals surface area (Å²) >= 11 is 1.50. The second kappa shape index (κ2) is 10.3. The monoisotopic (exact) mass is 440 g/mol. The zero-order valence-corrected chi connectivity index (χ0v) is 19.3. The van der Waals surface area contributed by atoms with E-state index in [9.17, 15) is 4.79 Å². The van der Waals surface area contributed by atoms with Crippen LogP contribution in [-0.2, 0) is 11.2 Å². The number of carbonyl (C=O) groups is 1. The minimum absolute atomic E-state index is 0.0702. The van der Waals surface area contributed by atoms with Gasteiger partial charge < -0.3 is 19.5 Å². The number of nitrogens with zero attached hydrogens (tertiary/aromatic N) is 1. The van der Waals surface area contributed by atoms with Gasteiger partial charge in [-0.15, -0.1) is 11.3 Å². The van der Waals surface area contributed by atoms with E-state index in [-0.39, 0.29) is 24.5 Å². The standard InChI is InChI=1S/C24H28N2O4S/c1-15(2)30-20-9-6-17(7-10-20)16(3)25-23(27)13-19-14-31-24(26-19)18-8-11-21(28-4)22(12-18)29-5/h6-12,14-16H,13H2,1-5H3,(H,25,27). The Hall–Kier alpha value is -3.06. The average Bonchev–Trinajstić information content (AvgIpc) is 3.21. The van der Waals surface area contributed by atoms with Gasteiger partial charge in [-0.05, 0) is 56.7 Å². The van der Waals surface area contributed by atoms with Gasteiger partial charge in [-0.25, -0.2) is 4.98 Å². The highest BCUT2D eigenvalue weighted by molar-refractivity contribution is 7.13. The van der Waals surface area contributed by atoms with E-state index >= 15 is 0 Å². The zero-order valence-electron chi connectivity index (χ0n) is 18.5. The predicted octanol–water partition coefficient (Wildman–Crippen LogP) is 5.03. The second-order valence-corrected chi connectivity index (χ2v) is 8.27. The molecule has 0 saturated heterocycles. The van der Waals surface area contributed by atoms with Crippen LogP contribution in [0.15, 0.2) is 47.8 Å². The summed E-state index contributed by atoms with van der Waals surface area (Å²) in [5.74, 6) is 2.06. The summed E-state index contributed by atoms with van der Waals surface area (Å²) in [5, 5.41) is 5.78. The van der Waals surface area contributed by atoms with Crippen LogP contribution in [0, 0.1) is 0 Å². The lowest BCUT2D eigenvalue weighted by Gasteiger charge is -2.15. The molecule has 1 N–H and O–H groups in total. The molecule has 3 aromatic rings. The number of carbonyl (C=O) groups excluding carboxylic acids is 1. The molecule has 0 spiro atoms. The summed E-state index contributed by atoms with van der Waals surface area (Å²) < 4.78 is 16.3. The molecule has 1 heterocycles. The largest absolute Gasteiger partial charge is 0.493 e. The van der Waals surface area contributed by atoms with Gasteiger partial charge in [0.05, 0.1) is 38.5 Å². The van der Waals surface area contributed by atoms with Crippen LogP contribution < -0.4 is 19.5 Å². The third-order valence-electron chi connectivity index (χ3n) is 4.65. The van der Waals surface area contributed by atoms with Crippen molar-refractivity contribution < 1.29 is 19.0 Å². The number of rotatable bonds is 9. The molecule has 0 bridgehead atoms. The first kappa shape index (κ1) is 22.6. The van der Waals surface area contributed by atoms with E-state index in [0.29, 0.717) is 11.5 Å². The van der Waals surface area contributed by atoms with Crippen molar-refractivity contribution in [1.29, 1.82) is 0 Å². The fourth-order valence-electron chi connectivity index (χ4n) is 3.14. The number of benzene rings is 2. The molecule has 1 unspecified atom stereocenters. The molecule has 164 valence electrons. The van der Waals surface area contributed by atoms with E-state index in [1.54, 1.807) is 14.2 Å². The van der Waals surface area contributed by atoms with Crippen molar-refractivity contribution in [3.63, 3.8) is 0 Å². The molecular formula is C24H28N2O4S. The molecule has 0 aliphatic carbocycles. The molecule has 0 radical (unpaired) electrons. The van der Waals surface area contributed by atoms with E-state index in [1.165, 1.54) is 11.3 Å². The molecule has 1 amide bonds. The second-order valence-electron chi connectivity index (χ2n) is 7.42. The molecule has 1 atom stereocenters. The molecule has 0 aliphatic heterocycles. The first-order valence-electron chi connectivity index (χ1n) is 10.1. The third-order valence-corrected chi connectivity index (χ3v) is 5.59. The maximum Gasteiger partial charge on any atom is 0.226 e. The summed E-state index contributed by atoms with van der Waals surface area (Å²) in [6.07, 6.45) is 0.354. The summed E-state index contributed by atoms with van der Waals surface area (Å²) in [6.45, 7) is 5.95. The Morgan fingerprint density at radius 2 is 1.74 bits per heavy atom. The lowest BCUT2D eigenvalue weighted by Crippen LogP contribution is -2.28. The van der Waals surface area contributed by atoms with Crippen LogP contribution in [0.2, 0.25) is 0 Å². The van der Waals surface area contributed by atoms with E-state index in [1.807, 2.05) is 68.6 Å². The minimum atomic E-state index is -0.107. The van der Waals surface area contributed by atoms with Gasteiger partial charge >= 0.3 is 0 Å². The number of amides is 1. The number of aromatic nitrogens is 1. The normalized spacial score (nSPS) is 11.8. The van der Waals surface area contributed by atoms with Crippen LogP contribution in [0.1, 0.15) is 38.1 Å². The molecule has 31 heavy (non-hydrogen) atoms. The van der Waals surface area contributed by atoms with E-state index in [2.05, 4.69) is 10.3 Å².